The molecule has 0 unspecified atom stereocenters. The molecule has 44 heavy (non-hydrogen) atoms. The molecule has 0 fully saturated rings. The highest BCUT2D eigenvalue weighted by atomic mass is 16.4. The van der Waals surface area contributed by atoms with Gasteiger partial charge in [-0.2, -0.15) is 5.26 Å². The number of carboxylic acid groups (broad SMARTS) is 1. The Labute approximate surface area is 257 Å². The summed E-state index contributed by atoms with van der Waals surface area (Å²) in [4.78, 5) is 15.8. The second-order valence-electron chi connectivity index (χ2n) is 10.6. The summed E-state index contributed by atoms with van der Waals surface area (Å²) in [6.07, 6.45) is 7.60. The van der Waals surface area contributed by atoms with E-state index in [4.69, 9.17) is 5.26 Å². The highest BCUT2D eigenvalue weighted by Gasteiger charge is 2.19. The van der Waals surface area contributed by atoms with Crippen molar-refractivity contribution in [3.8, 4) is 6.07 Å². The molecule has 0 saturated heterocycles. The molecule has 1 aliphatic heterocycles. The van der Waals surface area contributed by atoms with Gasteiger partial charge in [-0.1, -0.05) is 78.9 Å². The molecule has 1 aliphatic rings. The van der Waals surface area contributed by atoms with E-state index in [2.05, 4.69) is 119 Å². The molecule has 0 radical (unpaired) electrons. The third kappa shape index (κ3) is 6.30. The van der Waals surface area contributed by atoms with Crippen molar-refractivity contribution in [1.29, 1.82) is 5.26 Å². The maximum Gasteiger partial charge on any atom is 0.346 e. The number of hydrogen-bond acceptors (Lipinski definition) is 4. The van der Waals surface area contributed by atoms with Crippen LogP contribution < -0.4 is 9.80 Å². The lowest BCUT2D eigenvalue weighted by Crippen LogP contribution is -2.24. The largest absolute Gasteiger partial charge is 0.477 e. The average Bonchev–Trinajstić information content (AvgIpc) is 3.07. The van der Waals surface area contributed by atoms with Crippen LogP contribution in [0.2, 0.25) is 0 Å². The number of nitrogens with zero attached hydrogens (tertiary/aromatic N) is 3. The zero-order valence-electron chi connectivity index (χ0n) is 24.2. The van der Waals surface area contributed by atoms with Crippen LogP contribution in [0.15, 0.2) is 133 Å². The molecule has 1 heterocycles. The summed E-state index contributed by atoms with van der Waals surface area (Å²) in [6.45, 7) is 0.908. The summed E-state index contributed by atoms with van der Waals surface area (Å²) in [5, 5.41) is 18.3. The summed E-state index contributed by atoms with van der Waals surface area (Å²) in [5.74, 6) is -1.21. The van der Waals surface area contributed by atoms with Crippen molar-refractivity contribution in [3.63, 3.8) is 0 Å². The summed E-state index contributed by atoms with van der Waals surface area (Å²) in [5.41, 5.74) is 9.40. The van der Waals surface area contributed by atoms with Crippen LogP contribution >= 0.6 is 0 Å². The average molecular weight is 574 g/mol. The van der Waals surface area contributed by atoms with Gasteiger partial charge < -0.3 is 14.9 Å². The molecule has 0 atom stereocenters. The molecule has 0 amide bonds. The van der Waals surface area contributed by atoms with Gasteiger partial charge in [-0.3, -0.25) is 0 Å². The van der Waals surface area contributed by atoms with Crippen LogP contribution in [0.5, 0.6) is 0 Å². The van der Waals surface area contributed by atoms with Crippen molar-refractivity contribution >= 4 is 52.6 Å². The maximum absolute atomic E-state index is 11.2. The molecular formula is C39H31N3O2. The zero-order valence-corrected chi connectivity index (χ0v) is 24.2. The Balaban J connectivity index is 1.17. The van der Waals surface area contributed by atoms with Gasteiger partial charge >= 0.3 is 5.97 Å². The Morgan fingerprint density at radius 1 is 0.727 bits per heavy atom. The van der Waals surface area contributed by atoms with Gasteiger partial charge in [-0.05, 0) is 102 Å². The monoisotopic (exact) mass is 573 g/mol. The van der Waals surface area contributed by atoms with Crippen molar-refractivity contribution in [1.82, 2.24) is 0 Å². The Morgan fingerprint density at radius 3 is 1.84 bits per heavy atom. The van der Waals surface area contributed by atoms with Crippen LogP contribution in [-0.2, 0) is 11.2 Å². The van der Waals surface area contributed by atoms with E-state index in [9.17, 15) is 9.90 Å². The van der Waals surface area contributed by atoms with Crippen molar-refractivity contribution in [2.75, 3.05) is 16.3 Å². The third-order valence-electron chi connectivity index (χ3n) is 7.74. The molecule has 0 spiro atoms. The van der Waals surface area contributed by atoms with Gasteiger partial charge in [0.05, 0.1) is 0 Å². The van der Waals surface area contributed by atoms with Crippen molar-refractivity contribution in [3.05, 3.63) is 155 Å². The van der Waals surface area contributed by atoms with E-state index >= 15 is 0 Å². The van der Waals surface area contributed by atoms with E-state index in [0.717, 1.165) is 70.1 Å². The van der Waals surface area contributed by atoms with Gasteiger partial charge in [0, 0.05) is 35.0 Å². The fourth-order valence-electron chi connectivity index (χ4n) is 5.58. The van der Waals surface area contributed by atoms with Crippen molar-refractivity contribution < 1.29 is 9.90 Å². The number of rotatable bonds is 8. The lowest BCUT2D eigenvalue weighted by atomic mass is 9.97. The minimum atomic E-state index is -1.21. The number of benzene rings is 5. The Hall–Kier alpha value is -5.86. The number of carbonyl (C=O) groups is 1. The van der Waals surface area contributed by atoms with E-state index in [1.165, 1.54) is 6.08 Å². The van der Waals surface area contributed by atoms with Crippen molar-refractivity contribution in [2.45, 2.75) is 12.8 Å². The van der Waals surface area contributed by atoms with Crippen LogP contribution in [0.1, 0.15) is 28.7 Å². The molecule has 5 aromatic rings. The molecule has 1 N–H and O–H groups in total. The van der Waals surface area contributed by atoms with Gasteiger partial charge in [0.25, 0.3) is 0 Å². The second kappa shape index (κ2) is 13.0. The quantitative estimate of drug-likeness (QED) is 0.114. The first kappa shape index (κ1) is 28.3. The normalized spacial score (nSPS) is 12.9. The number of nitriles is 1. The van der Waals surface area contributed by atoms with E-state index in [-0.39, 0.29) is 5.57 Å². The third-order valence-corrected chi connectivity index (χ3v) is 7.74. The first-order valence-corrected chi connectivity index (χ1v) is 14.6. The smallest absolute Gasteiger partial charge is 0.346 e. The van der Waals surface area contributed by atoms with Crippen LogP contribution in [-0.4, -0.2) is 17.6 Å². The molecule has 6 rings (SSSR count). The number of carboxylic acids is 1. The predicted molar refractivity (Wildman–Crippen MR) is 179 cm³/mol. The Morgan fingerprint density at radius 2 is 1.27 bits per heavy atom. The lowest BCUT2D eigenvalue weighted by Gasteiger charge is -2.31. The number of aryl methyl sites for hydroxylation is 1. The highest BCUT2D eigenvalue weighted by Crippen LogP contribution is 2.36. The number of aliphatic carboxylic acids is 1. The molecule has 0 aliphatic carbocycles. The molecule has 5 aromatic carbocycles. The van der Waals surface area contributed by atoms with E-state index < -0.39 is 5.97 Å². The Bertz CT molecular complexity index is 1810. The van der Waals surface area contributed by atoms with Crippen LogP contribution in [0.4, 0.5) is 28.4 Å². The minimum absolute atomic E-state index is 0.265. The molecule has 0 saturated carbocycles. The fraction of sp³-hybridized carbons (Fsp3) is 0.0769. The van der Waals surface area contributed by atoms with Gasteiger partial charge in [0.1, 0.15) is 11.6 Å². The first-order chi connectivity index (χ1) is 21.6. The highest BCUT2D eigenvalue weighted by molar-refractivity contribution is 5.96. The molecule has 0 bridgehead atoms. The Kier molecular flexibility index (Phi) is 8.34. The second-order valence-corrected chi connectivity index (χ2v) is 10.6. The van der Waals surface area contributed by atoms with E-state index in [1.54, 1.807) is 6.07 Å². The summed E-state index contributed by atoms with van der Waals surface area (Å²) < 4.78 is 0. The van der Waals surface area contributed by atoms with Gasteiger partial charge in [0.15, 0.2) is 0 Å². The number of para-hydroxylation sites is 2. The van der Waals surface area contributed by atoms with Crippen LogP contribution in [0.25, 0.3) is 18.2 Å². The molecule has 214 valence electrons. The van der Waals surface area contributed by atoms with E-state index in [1.807, 2.05) is 30.3 Å². The van der Waals surface area contributed by atoms with Crippen LogP contribution in [0, 0.1) is 11.3 Å². The lowest BCUT2D eigenvalue weighted by molar-refractivity contribution is -0.132. The zero-order chi connectivity index (χ0) is 30.3. The molecule has 0 aromatic heterocycles. The van der Waals surface area contributed by atoms with Crippen LogP contribution in [0.3, 0.4) is 0 Å². The van der Waals surface area contributed by atoms with E-state index in [0.29, 0.717) is 0 Å². The standard InChI is InChI=1S/C39H31N3O2/c40-28-33(39(43)44)27-31-19-24-38-32(26-31)8-7-25-41(38)34-20-15-29(16-21-34)13-14-30-17-22-37(23-18-30)42(35-9-3-1-4-10-35)36-11-5-2-6-12-36/h1-6,9-24,26-27H,7-8,25H2,(H,43,44). The summed E-state index contributed by atoms with van der Waals surface area (Å²) in [7, 11) is 0. The topological polar surface area (TPSA) is 67.6 Å². The van der Waals surface area contributed by atoms with Crippen molar-refractivity contribution in [2.24, 2.45) is 0 Å². The van der Waals surface area contributed by atoms with Gasteiger partial charge in [-0.15, -0.1) is 0 Å². The first-order valence-electron chi connectivity index (χ1n) is 14.6. The summed E-state index contributed by atoms with van der Waals surface area (Å²) >= 11 is 0. The minimum Gasteiger partial charge on any atom is -0.477 e. The van der Waals surface area contributed by atoms with Gasteiger partial charge in [0.2, 0.25) is 0 Å². The van der Waals surface area contributed by atoms with Gasteiger partial charge in [-0.25, -0.2) is 4.79 Å². The predicted octanol–water partition coefficient (Wildman–Crippen LogP) is 9.40. The molecule has 5 nitrogen and oxygen atoms in total. The summed E-state index contributed by atoms with van der Waals surface area (Å²) in [6, 6.07) is 45.5. The number of anilines is 5. The number of fused-ring (bicyclic) bond motifs is 1. The number of hydrogen-bond donors (Lipinski definition) is 1. The molecule has 5 heteroatoms. The molecular weight excluding hydrogens is 542 g/mol. The fourth-order valence-corrected chi connectivity index (χ4v) is 5.58. The maximum atomic E-state index is 11.2. The SMILES string of the molecule is N#CC(=Cc1ccc2c(c1)CCCN2c1ccc(C=Cc2ccc(N(c3ccccc3)c3ccccc3)cc2)cc1)C(=O)O.